The average Bonchev–Trinajstić information content (AvgIpc) is 2.65. The molecule has 78 valence electrons. The molecule has 0 radical (unpaired) electrons. The van der Waals surface area contributed by atoms with Gasteiger partial charge in [0.15, 0.2) is 0 Å². The summed E-state index contributed by atoms with van der Waals surface area (Å²) >= 11 is 5.93. The van der Waals surface area contributed by atoms with Crippen molar-refractivity contribution in [3.8, 4) is 5.69 Å². The lowest BCUT2D eigenvalue weighted by atomic mass is 10.1. The molecule has 0 saturated carbocycles. The predicted octanol–water partition coefficient (Wildman–Crippen LogP) is 2.58. The van der Waals surface area contributed by atoms with Gasteiger partial charge in [0.25, 0.3) is 0 Å². The summed E-state index contributed by atoms with van der Waals surface area (Å²) in [4.78, 5) is 0. The molecule has 0 aliphatic rings. The van der Waals surface area contributed by atoms with Crippen LogP contribution >= 0.6 is 11.6 Å². The van der Waals surface area contributed by atoms with E-state index in [9.17, 15) is 5.11 Å². The third kappa shape index (κ3) is 2.03. The Morgan fingerprint density at radius 2 is 1.93 bits per heavy atom. The summed E-state index contributed by atoms with van der Waals surface area (Å²) in [5.41, 5.74) is 1.76. The molecule has 0 spiro atoms. The van der Waals surface area contributed by atoms with Crippen molar-refractivity contribution in [3.05, 3.63) is 47.2 Å². The molecule has 2 aromatic rings. The zero-order chi connectivity index (χ0) is 10.8. The molecule has 1 unspecified atom stereocenters. The van der Waals surface area contributed by atoms with Crippen LogP contribution in [0.3, 0.4) is 0 Å². The fourth-order valence-corrected chi connectivity index (χ4v) is 1.57. The van der Waals surface area contributed by atoms with E-state index in [1.54, 1.807) is 23.9 Å². The third-order valence-corrected chi connectivity index (χ3v) is 2.50. The maximum Gasteiger partial charge on any atom is 0.132 e. The number of nitrogens with zero attached hydrogens (tertiary/aromatic N) is 2. The SMILES string of the molecule is CC(O)c1ccc(-n2nccc2Cl)cc1. The fourth-order valence-electron chi connectivity index (χ4n) is 1.37. The molecule has 0 amide bonds. The Morgan fingerprint density at radius 3 is 2.40 bits per heavy atom. The summed E-state index contributed by atoms with van der Waals surface area (Å²) < 4.78 is 1.63. The molecule has 1 heterocycles. The van der Waals surface area contributed by atoms with Gasteiger partial charge in [-0.25, -0.2) is 4.68 Å². The molecule has 1 aromatic carbocycles. The van der Waals surface area contributed by atoms with Gasteiger partial charge in [-0.3, -0.25) is 0 Å². The number of halogens is 1. The normalized spacial score (nSPS) is 12.7. The highest BCUT2D eigenvalue weighted by atomic mass is 35.5. The van der Waals surface area contributed by atoms with Crippen molar-refractivity contribution >= 4 is 11.6 Å². The summed E-state index contributed by atoms with van der Waals surface area (Å²) in [7, 11) is 0. The Labute approximate surface area is 92.9 Å². The first-order valence-electron chi connectivity index (χ1n) is 4.66. The van der Waals surface area contributed by atoms with Gasteiger partial charge in [-0.2, -0.15) is 5.10 Å². The van der Waals surface area contributed by atoms with Gasteiger partial charge in [-0.05, 0) is 30.7 Å². The smallest absolute Gasteiger partial charge is 0.132 e. The number of aromatic nitrogens is 2. The number of benzene rings is 1. The quantitative estimate of drug-likeness (QED) is 0.848. The summed E-state index contributed by atoms with van der Waals surface area (Å²) in [6, 6.07) is 9.20. The van der Waals surface area contributed by atoms with Gasteiger partial charge in [-0.15, -0.1) is 0 Å². The number of rotatable bonds is 2. The molecular formula is C11H11ClN2O. The van der Waals surface area contributed by atoms with Gasteiger partial charge < -0.3 is 5.11 Å². The standard InChI is InChI=1S/C11H11ClN2O/c1-8(15)9-2-4-10(5-3-9)14-11(12)6-7-13-14/h2-8,15H,1H3. The van der Waals surface area contributed by atoms with Crippen LogP contribution in [0.25, 0.3) is 5.69 Å². The van der Waals surface area contributed by atoms with Crippen molar-refractivity contribution in [1.82, 2.24) is 9.78 Å². The van der Waals surface area contributed by atoms with Crippen LogP contribution in [0.4, 0.5) is 0 Å². The van der Waals surface area contributed by atoms with E-state index in [0.29, 0.717) is 5.15 Å². The highest BCUT2D eigenvalue weighted by Crippen LogP contribution is 2.18. The van der Waals surface area contributed by atoms with Gasteiger partial charge in [0.1, 0.15) is 5.15 Å². The van der Waals surface area contributed by atoms with Gasteiger partial charge in [-0.1, -0.05) is 23.7 Å². The number of hydrogen-bond acceptors (Lipinski definition) is 2. The summed E-state index contributed by atoms with van der Waals surface area (Å²) in [6.45, 7) is 1.73. The van der Waals surface area contributed by atoms with Crippen LogP contribution in [0.2, 0.25) is 5.15 Å². The Hall–Kier alpha value is -1.32. The van der Waals surface area contributed by atoms with E-state index in [0.717, 1.165) is 11.3 Å². The van der Waals surface area contributed by atoms with E-state index in [-0.39, 0.29) is 0 Å². The van der Waals surface area contributed by atoms with Gasteiger partial charge in [0.05, 0.1) is 18.0 Å². The topological polar surface area (TPSA) is 38.0 Å². The monoisotopic (exact) mass is 222 g/mol. The zero-order valence-electron chi connectivity index (χ0n) is 8.26. The first-order valence-corrected chi connectivity index (χ1v) is 5.04. The van der Waals surface area contributed by atoms with Crippen molar-refractivity contribution < 1.29 is 5.11 Å². The van der Waals surface area contributed by atoms with Crippen molar-refractivity contribution in [3.63, 3.8) is 0 Å². The van der Waals surface area contributed by atoms with Crippen LogP contribution in [-0.4, -0.2) is 14.9 Å². The first-order chi connectivity index (χ1) is 7.18. The average molecular weight is 223 g/mol. The highest BCUT2D eigenvalue weighted by molar-refractivity contribution is 6.29. The molecule has 0 aliphatic heterocycles. The molecule has 2 rings (SSSR count). The van der Waals surface area contributed by atoms with E-state index in [4.69, 9.17) is 11.6 Å². The molecule has 0 aliphatic carbocycles. The molecule has 1 aromatic heterocycles. The van der Waals surface area contributed by atoms with Gasteiger partial charge >= 0.3 is 0 Å². The molecule has 15 heavy (non-hydrogen) atoms. The molecule has 0 saturated heterocycles. The second-order valence-corrected chi connectivity index (χ2v) is 3.72. The first kappa shape index (κ1) is 10.2. The Morgan fingerprint density at radius 1 is 1.27 bits per heavy atom. The van der Waals surface area contributed by atoms with Crippen LogP contribution < -0.4 is 0 Å². The van der Waals surface area contributed by atoms with Crippen molar-refractivity contribution in [2.24, 2.45) is 0 Å². The maximum atomic E-state index is 9.35. The van der Waals surface area contributed by atoms with E-state index in [1.165, 1.54) is 0 Å². The molecule has 1 N–H and O–H groups in total. The van der Waals surface area contributed by atoms with E-state index >= 15 is 0 Å². The summed E-state index contributed by atoms with van der Waals surface area (Å²) in [6.07, 6.45) is 1.19. The maximum absolute atomic E-state index is 9.35. The fraction of sp³-hybridized carbons (Fsp3) is 0.182. The minimum absolute atomic E-state index is 0.452. The number of aliphatic hydroxyl groups is 1. The van der Waals surface area contributed by atoms with Crippen molar-refractivity contribution in [1.29, 1.82) is 0 Å². The highest BCUT2D eigenvalue weighted by Gasteiger charge is 2.04. The minimum atomic E-state index is -0.452. The Kier molecular flexibility index (Phi) is 2.75. The van der Waals surface area contributed by atoms with Gasteiger partial charge in [0.2, 0.25) is 0 Å². The second-order valence-electron chi connectivity index (χ2n) is 3.33. The third-order valence-electron chi connectivity index (χ3n) is 2.22. The van der Waals surface area contributed by atoms with Gasteiger partial charge in [0, 0.05) is 0 Å². The molecule has 0 bridgehead atoms. The lowest BCUT2D eigenvalue weighted by molar-refractivity contribution is 0.199. The Balaban J connectivity index is 2.36. The predicted molar refractivity (Wildman–Crippen MR) is 59.2 cm³/mol. The van der Waals surface area contributed by atoms with Crippen LogP contribution in [0.1, 0.15) is 18.6 Å². The van der Waals surface area contributed by atoms with E-state index in [2.05, 4.69) is 5.10 Å². The summed E-state index contributed by atoms with van der Waals surface area (Å²) in [5, 5.41) is 14.0. The molecular weight excluding hydrogens is 212 g/mol. The Bertz CT molecular complexity index is 448. The van der Waals surface area contributed by atoms with E-state index in [1.807, 2.05) is 24.3 Å². The zero-order valence-corrected chi connectivity index (χ0v) is 9.02. The number of aliphatic hydroxyl groups excluding tert-OH is 1. The van der Waals surface area contributed by atoms with Crippen molar-refractivity contribution in [2.75, 3.05) is 0 Å². The van der Waals surface area contributed by atoms with Crippen LogP contribution in [0, 0.1) is 0 Å². The lowest BCUT2D eigenvalue weighted by Gasteiger charge is -2.06. The number of hydrogen-bond donors (Lipinski definition) is 1. The van der Waals surface area contributed by atoms with Crippen molar-refractivity contribution in [2.45, 2.75) is 13.0 Å². The molecule has 4 heteroatoms. The largest absolute Gasteiger partial charge is 0.389 e. The lowest BCUT2D eigenvalue weighted by Crippen LogP contribution is -1.97. The van der Waals surface area contributed by atoms with E-state index < -0.39 is 6.10 Å². The second kappa shape index (κ2) is 4.04. The van der Waals surface area contributed by atoms with Crippen LogP contribution in [-0.2, 0) is 0 Å². The molecule has 3 nitrogen and oxygen atoms in total. The molecule has 0 fully saturated rings. The van der Waals surface area contributed by atoms with Crippen LogP contribution in [0.15, 0.2) is 36.5 Å². The summed E-state index contributed by atoms with van der Waals surface area (Å²) in [5.74, 6) is 0. The minimum Gasteiger partial charge on any atom is -0.389 e. The molecule has 1 atom stereocenters. The van der Waals surface area contributed by atoms with Crippen LogP contribution in [0.5, 0.6) is 0 Å².